The zero-order chi connectivity index (χ0) is 20.6. The highest BCUT2D eigenvalue weighted by molar-refractivity contribution is 6.55. The normalized spacial score (nSPS) is 17.3. The van der Waals surface area contributed by atoms with Gasteiger partial charge >= 0.3 is 6.18 Å². The van der Waals surface area contributed by atoms with E-state index >= 15 is 0 Å². The van der Waals surface area contributed by atoms with Crippen LogP contribution in [0.2, 0.25) is 0 Å². The van der Waals surface area contributed by atoms with Crippen LogP contribution >= 0.6 is 0 Å². The molecule has 0 aromatic heterocycles. The average molecular weight is 394 g/mol. The van der Waals surface area contributed by atoms with Crippen LogP contribution in [0.4, 0.5) is 24.5 Å². The Morgan fingerprint density at radius 2 is 1.76 bits per heavy atom. The fraction of sp³-hybridized carbons (Fsp3) is 0.0455. The van der Waals surface area contributed by atoms with Crippen molar-refractivity contribution in [1.29, 1.82) is 0 Å². The van der Waals surface area contributed by atoms with Crippen LogP contribution in [0.1, 0.15) is 11.1 Å². The lowest BCUT2D eigenvalue weighted by atomic mass is 10.1. The van der Waals surface area contributed by atoms with Crippen LogP contribution in [0.5, 0.6) is 0 Å². The van der Waals surface area contributed by atoms with Gasteiger partial charge in [0.2, 0.25) is 0 Å². The molecule has 29 heavy (non-hydrogen) atoms. The standard InChI is InChI=1S/C22H13F3N2O2/c23-22(24,25)14-6-5-7-15(12-14)26-20-18-10-3-4-11-19(18)27(21(20)29)16-8-1-2-9-17(28)13-16/h1-12,28H/b26-20-. The van der Waals surface area contributed by atoms with Crippen molar-refractivity contribution in [2.24, 2.45) is 4.99 Å². The van der Waals surface area contributed by atoms with E-state index in [0.717, 1.165) is 12.1 Å². The van der Waals surface area contributed by atoms with Crippen LogP contribution in [0.3, 0.4) is 0 Å². The molecule has 7 heteroatoms. The molecule has 0 bridgehead atoms. The Morgan fingerprint density at radius 1 is 1.00 bits per heavy atom. The van der Waals surface area contributed by atoms with E-state index in [0.29, 0.717) is 16.9 Å². The van der Waals surface area contributed by atoms with Gasteiger partial charge in [0.05, 0.1) is 22.6 Å². The molecule has 4 rings (SSSR count). The number of aliphatic imine (C=N–C) groups is 1. The van der Waals surface area contributed by atoms with Gasteiger partial charge in [-0.2, -0.15) is 13.2 Å². The van der Waals surface area contributed by atoms with Crippen molar-refractivity contribution in [2.45, 2.75) is 6.18 Å². The van der Waals surface area contributed by atoms with Gasteiger partial charge in [-0.15, -0.1) is 0 Å². The van der Waals surface area contributed by atoms with Crippen LogP contribution in [0, 0.1) is 0 Å². The number of allylic oxidation sites excluding steroid dienone is 3. The van der Waals surface area contributed by atoms with Gasteiger partial charge in [-0.25, -0.2) is 4.99 Å². The number of anilines is 1. The Labute approximate surface area is 163 Å². The molecule has 1 aliphatic heterocycles. The lowest BCUT2D eigenvalue weighted by Crippen LogP contribution is -2.28. The van der Waals surface area contributed by atoms with Crippen molar-refractivity contribution in [3.63, 3.8) is 0 Å². The summed E-state index contributed by atoms with van der Waals surface area (Å²) >= 11 is 0. The monoisotopic (exact) mass is 394 g/mol. The van der Waals surface area contributed by atoms with Crippen molar-refractivity contribution in [3.8, 4) is 0 Å². The minimum absolute atomic E-state index is 0.0133. The molecule has 4 nitrogen and oxygen atoms in total. The zero-order valence-corrected chi connectivity index (χ0v) is 14.8. The number of alkyl halides is 3. The minimum atomic E-state index is -4.51. The number of hydrogen-bond donors (Lipinski definition) is 1. The number of para-hydroxylation sites is 1. The van der Waals surface area contributed by atoms with Gasteiger partial charge in [0.25, 0.3) is 5.91 Å². The lowest BCUT2D eigenvalue weighted by molar-refractivity contribution is -0.137. The second kappa shape index (κ2) is 6.96. The number of carbonyl (C=O) groups excluding carboxylic acids is 1. The number of aliphatic hydroxyl groups is 1. The number of benzene rings is 2. The lowest BCUT2D eigenvalue weighted by Gasteiger charge is -2.15. The summed E-state index contributed by atoms with van der Waals surface area (Å²) in [6.45, 7) is 0. The summed E-state index contributed by atoms with van der Waals surface area (Å²) in [5.41, 5.74) is 3.19. The molecular weight excluding hydrogens is 381 g/mol. The first-order chi connectivity index (χ1) is 13.8. The second-order valence-corrected chi connectivity index (χ2v) is 6.28. The number of aliphatic hydroxyl groups excluding tert-OH is 1. The van der Waals surface area contributed by atoms with E-state index < -0.39 is 17.6 Å². The third-order valence-electron chi connectivity index (χ3n) is 4.34. The summed E-state index contributed by atoms with van der Waals surface area (Å²) in [6, 6.07) is 11.3. The molecule has 1 amide bonds. The molecule has 144 valence electrons. The van der Waals surface area contributed by atoms with Crippen LogP contribution < -0.4 is 4.90 Å². The first-order valence-corrected chi connectivity index (χ1v) is 8.59. The Balaban J connectivity index is 1.84. The van der Waals surface area contributed by atoms with Gasteiger partial charge in [-0.1, -0.05) is 36.4 Å². The van der Waals surface area contributed by atoms with Crippen LogP contribution in [-0.4, -0.2) is 16.7 Å². The average Bonchev–Trinajstić information content (AvgIpc) is 2.81. The molecule has 0 saturated heterocycles. The SMILES string of the molecule is O=C1/C(=N\c2cccc(C(F)(F)F)c2)c2ccccc2N1C1=C=C(O)C=CC=C1. The summed E-state index contributed by atoms with van der Waals surface area (Å²) in [4.78, 5) is 18.7. The number of amides is 1. The summed E-state index contributed by atoms with van der Waals surface area (Å²) in [7, 11) is 0. The van der Waals surface area contributed by atoms with Gasteiger partial charge < -0.3 is 5.11 Å². The molecule has 0 atom stereocenters. The highest BCUT2D eigenvalue weighted by atomic mass is 19.4. The highest BCUT2D eigenvalue weighted by Gasteiger charge is 2.36. The molecule has 1 N–H and O–H groups in total. The van der Waals surface area contributed by atoms with E-state index in [-0.39, 0.29) is 17.2 Å². The molecule has 0 saturated carbocycles. The molecule has 0 fully saturated rings. The third-order valence-corrected chi connectivity index (χ3v) is 4.34. The van der Waals surface area contributed by atoms with E-state index in [4.69, 9.17) is 0 Å². The first kappa shape index (κ1) is 18.5. The van der Waals surface area contributed by atoms with E-state index in [1.165, 1.54) is 23.1 Å². The van der Waals surface area contributed by atoms with Crippen LogP contribution in [0.15, 0.2) is 95.0 Å². The minimum Gasteiger partial charge on any atom is -0.501 e. The largest absolute Gasteiger partial charge is 0.501 e. The molecule has 2 aromatic rings. The predicted octanol–water partition coefficient (Wildman–Crippen LogP) is 5.22. The maximum atomic E-state index is 13.1. The number of fused-ring (bicyclic) bond motifs is 1. The Bertz CT molecular complexity index is 1170. The van der Waals surface area contributed by atoms with Crippen LogP contribution in [0.25, 0.3) is 0 Å². The highest BCUT2D eigenvalue weighted by Crippen LogP contribution is 2.35. The molecule has 2 aromatic carbocycles. The third kappa shape index (κ3) is 3.51. The van der Waals surface area contributed by atoms with Gasteiger partial charge in [-0.05, 0) is 42.1 Å². The Hall–Kier alpha value is -3.83. The van der Waals surface area contributed by atoms with Gasteiger partial charge in [-0.3, -0.25) is 9.69 Å². The smallest absolute Gasteiger partial charge is 0.416 e. The van der Waals surface area contributed by atoms with E-state index in [1.54, 1.807) is 42.5 Å². The van der Waals surface area contributed by atoms with Crippen molar-refractivity contribution in [3.05, 3.63) is 101 Å². The maximum Gasteiger partial charge on any atom is 0.416 e. The predicted molar refractivity (Wildman–Crippen MR) is 103 cm³/mol. The fourth-order valence-electron chi connectivity index (χ4n) is 3.07. The summed E-state index contributed by atoms with van der Waals surface area (Å²) in [5, 5.41) is 9.85. The zero-order valence-electron chi connectivity index (χ0n) is 14.8. The number of nitrogens with zero attached hydrogens (tertiary/aromatic N) is 2. The Morgan fingerprint density at radius 3 is 2.55 bits per heavy atom. The summed E-state index contributed by atoms with van der Waals surface area (Å²) in [5.74, 6) is -0.677. The van der Waals surface area contributed by atoms with Crippen LogP contribution in [-0.2, 0) is 11.0 Å². The van der Waals surface area contributed by atoms with E-state index in [1.807, 2.05) is 0 Å². The first-order valence-electron chi connectivity index (χ1n) is 8.59. The van der Waals surface area contributed by atoms with Gasteiger partial charge in [0.15, 0.2) is 5.76 Å². The van der Waals surface area contributed by atoms with Crippen molar-refractivity contribution in [1.82, 2.24) is 0 Å². The molecule has 1 aliphatic carbocycles. The number of carbonyl (C=O) groups is 1. The molecular formula is C22H13F3N2O2. The van der Waals surface area contributed by atoms with Crippen molar-refractivity contribution >= 4 is 23.0 Å². The molecule has 0 unspecified atom stereocenters. The number of rotatable bonds is 2. The van der Waals surface area contributed by atoms with Crippen molar-refractivity contribution in [2.75, 3.05) is 4.90 Å². The summed E-state index contributed by atoms with van der Waals surface area (Å²) in [6.07, 6.45) is 1.75. The fourth-order valence-corrected chi connectivity index (χ4v) is 3.07. The van der Waals surface area contributed by atoms with E-state index in [2.05, 4.69) is 10.7 Å². The Kier molecular flexibility index (Phi) is 4.45. The number of halogens is 3. The molecule has 0 radical (unpaired) electrons. The molecule has 2 aliphatic rings. The maximum absolute atomic E-state index is 13.1. The second-order valence-electron chi connectivity index (χ2n) is 6.28. The molecule has 0 spiro atoms. The summed E-state index contributed by atoms with van der Waals surface area (Å²) < 4.78 is 39.0. The van der Waals surface area contributed by atoms with Crippen molar-refractivity contribution < 1.29 is 23.1 Å². The quantitative estimate of drug-likeness (QED) is 0.710. The van der Waals surface area contributed by atoms with E-state index in [9.17, 15) is 23.1 Å². The number of hydrogen-bond acceptors (Lipinski definition) is 3. The topological polar surface area (TPSA) is 52.9 Å². The molecule has 1 heterocycles. The van der Waals surface area contributed by atoms with Gasteiger partial charge in [0, 0.05) is 5.56 Å². The van der Waals surface area contributed by atoms with Gasteiger partial charge in [0.1, 0.15) is 5.71 Å².